The average molecular weight is 310 g/mol. The van der Waals surface area contributed by atoms with Crippen molar-refractivity contribution in [3.8, 4) is 0 Å². The number of carboxylic acid groups (broad SMARTS) is 1. The number of carbonyl (C=O) groups is 4. The molecule has 1 aromatic heterocycles. The fourth-order valence-corrected chi connectivity index (χ4v) is 2.80. The standard InChI is InChI=1S/C13H14N2O5S/c16-9(5-6-15-10(17)3-4-11(15)18)14-12(13(19)20)8-2-1-7-21-8/h1-2,7,12H,3-6H2,(H,14,16)(H,19,20). The molecule has 1 aromatic rings. The molecule has 0 aliphatic carbocycles. The molecule has 1 fully saturated rings. The molecule has 2 heterocycles. The van der Waals surface area contributed by atoms with Crippen molar-refractivity contribution in [3.05, 3.63) is 22.4 Å². The van der Waals surface area contributed by atoms with Crippen molar-refractivity contribution in [2.75, 3.05) is 6.54 Å². The fraction of sp³-hybridized carbons (Fsp3) is 0.385. The van der Waals surface area contributed by atoms with Crippen molar-refractivity contribution in [2.45, 2.75) is 25.3 Å². The molecule has 1 atom stereocenters. The minimum Gasteiger partial charge on any atom is -0.479 e. The zero-order valence-corrected chi connectivity index (χ0v) is 11.9. The van der Waals surface area contributed by atoms with Gasteiger partial charge >= 0.3 is 5.97 Å². The molecule has 0 radical (unpaired) electrons. The first-order chi connectivity index (χ1) is 9.99. The highest BCUT2D eigenvalue weighted by Crippen LogP contribution is 2.19. The molecule has 1 aliphatic rings. The maximum Gasteiger partial charge on any atom is 0.331 e. The van der Waals surface area contributed by atoms with E-state index in [1.165, 1.54) is 11.3 Å². The lowest BCUT2D eigenvalue weighted by molar-refractivity contribution is -0.143. The largest absolute Gasteiger partial charge is 0.479 e. The molecule has 1 aliphatic heterocycles. The Bertz CT molecular complexity index is 553. The van der Waals surface area contributed by atoms with Crippen LogP contribution < -0.4 is 5.32 Å². The van der Waals surface area contributed by atoms with Crippen molar-refractivity contribution >= 4 is 35.0 Å². The van der Waals surface area contributed by atoms with Gasteiger partial charge in [-0.1, -0.05) is 6.07 Å². The van der Waals surface area contributed by atoms with Gasteiger partial charge in [0.25, 0.3) is 0 Å². The monoisotopic (exact) mass is 310 g/mol. The predicted molar refractivity (Wildman–Crippen MR) is 73.4 cm³/mol. The van der Waals surface area contributed by atoms with Crippen LogP contribution in [0.1, 0.15) is 30.2 Å². The molecular weight excluding hydrogens is 296 g/mol. The van der Waals surface area contributed by atoms with E-state index < -0.39 is 17.9 Å². The first-order valence-electron chi connectivity index (χ1n) is 6.38. The lowest BCUT2D eigenvalue weighted by atomic mass is 10.2. The van der Waals surface area contributed by atoms with Gasteiger partial charge in [0.1, 0.15) is 0 Å². The van der Waals surface area contributed by atoms with Crippen LogP contribution in [0.3, 0.4) is 0 Å². The van der Waals surface area contributed by atoms with Gasteiger partial charge in [0.05, 0.1) is 0 Å². The molecule has 0 spiro atoms. The third-order valence-electron chi connectivity index (χ3n) is 3.10. The van der Waals surface area contributed by atoms with Crippen LogP contribution in [-0.2, 0) is 19.2 Å². The molecule has 21 heavy (non-hydrogen) atoms. The van der Waals surface area contributed by atoms with E-state index in [1.54, 1.807) is 17.5 Å². The Kier molecular flexibility index (Phi) is 4.69. The van der Waals surface area contributed by atoms with Gasteiger partial charge in [-0.25, -0.2) is 4.79 Å². The molecule has 3 amide bonds. The van der Waals surface area contributed by atoms with E-state index in [1.807, 2.05) is 0 Å². The van der Waals surface area contributed by atoms with E-state index in [4.69, 9.17) is 5.11 Å². The van der Waals surface area contributed by atoms with Crippen molar-refractivity contribution < 1.29 is 24.3 Å². The average Bonchev–Trinajstić information content (AvgIpc) is 3.05. The quantitative estimate of drug-likeness (QED) is 0.746. The number of hydrogen-bond donors (Lipinski definition) is 2. The van der Waals surface area contributed by atoms with Crippen molar-refractivity contribution in [3.63, 3.8) is 0 Å². The van der Waals surface area contributed by atoms with Crippen LogP contribution in [0.5, 0.6) is 0 Å². The summed E-state index contributed by atoms with van der Waals surface area (Å²) in [6.45, 7) is -0.0136. The number of likely N-dealkylation sites (tertiary alicyclic amines) is 1. The maximum atomic E-state index is 11.8. The Morgan fingerprint density at radius 3 is 2.52 bits per heavy atom. The second-order valence-corrected chi connectivity index (χ2v) is 5.52. The molecule has 8 heteroatoms. The summed E-state index contributed by atoms with van der Waals surface area (Å²) in [6.07, 6.45) is 0.243. The molecule has 2 rings (SSSR count). The molecule has 1 saturated heterocycles. The highest BCUT2D eigenvalue weighted by Gasteiger charge is 2.29. The summed E-state index contributed by atoms with van der Waals surface area (Å²) in [7, 11) is 0. The van der Waals surface area contributed by atoms with Gasteiger partial charge in [0, 0.05) is 30.7 Å². The Morgan fingerprint density at radius 1 is 1.33 bits per heavy atom. The third-order valence-corrected chi connectivity index (χ3v) is 4.03. The Morgan fingerprint density at radius 2 is 2.00 bits per heavy atom. The van der Waals surface area contributed by atoms with E-state index in [9.17, 15) is 19.2 Å². The van der Waals surface area contributed by atoms with E-state index >= 15 is 0 Å². The Labute approximate surface area is 124 Å². The van der Waals surface area contributed by atoms with Crippen LogP contribution in [0, 0.1) is 0 Å². The van der Waals surface area contributed by atoms with Crippen LogP contribution in [0.4, 0.5) is 0 Å². The zero-order valence-electron chi connectivity index (χ0n) is 11.1. The minimum atomic E-state index is -1.15. The fourth-order valence-electron chi connectivity index (χ4n) is 2.03. The summed E-state index contributed by atoms with van der Waals surface area (Å²) < 4.78 is 0. The summed E-state index contributed by atoms with van der Waals surface area (Å²) in [5.74, 6) is -2.25. The van der Waals surface area contributed by atoms with Crippen LogP contribution in [-0.4, -0.2) is 40.2 Å². The van der Waals surface area contributed by atoms with Crippen molar-refractivity contribution in [1.29, 1.82) is 0 Å². The summed E-state index contributed by atoms with van der Waals surface area (Å²) in [5, 5.41) is 13.2. The van der Waals surface area contributed by atoms with Gasteiger partial charge in [-0.15, -0.1) is 11.3 Å². The molecule has 0 aromatic carbocycles. The van der Waals surface area contributed by atoms with Crippen LogP contribution in [0.2, 0.25) is 0 Å². The molecule has 1 unspecified atom stereocenters. The van der Waals surface area contributed by atoms with E-state index in [-0.39, 0.29) is 37.6 Å². The molecule has 2 N–H and O–H groups in total. The van der Waals surface area contributed by atoms with Gasteiger partial charge in [-0.2, -0.15) is 0 Å². The number of thiophene rings is 1. The minimum absolute atomic E-state index is 0.0136. The molecular formula is C13H14N2O5S. The summed E-state index contributed by atoms with van der Waals surface area (Å²) >= 11 is 1.23. The second kappa shape index (κ2) is 6.49. The van der Waals surface area contributed by atoms with Crippen molar-refractivity contribution in [2.24, 2.45) is 0 Å². The van der Waals surface area contributed by atoms with Crippen molar-refractivity contribution in [1.82, 2.24) is 10.2 Å². The number of rotatable bonds is 6. The predicted octanol–water partition coefficient (Wildman–Crippen LogP) is 0.529. The summed E-state index contributed by atoms with van der Waals surface area (Å²) in [4.78, 5) is 47.3. The lowest BCUT2D eigenvalue weighted by Crippen LogP contribution is -2.37. The van der Waals surface area contributed by atoms with E-state index in [0.717, 1.165) is 4.90 Å². The number of carboxylic acids is 1. The number of nitrogens with one attached hydrogen (secondary N) is 1. The number of amides is 3. The van der Waals surface area contributed by atoms with Gasteiger partial charge in [0.2, 0.25) is 17.7 Å². The van der Waals surface area contributed by atoms with E-state index in [0.29, 0.717) is 4.88 Å². The highest BCUT2D eigenvalue weighted by molar-refractivity contribution is 7.10. The number of carbonyl (C=O) groups excluding carboxylic acids is 3. The van der Waals surface area contributed by atoms with Crippen LogP contribution >= 0.6 is 11.3 Å². The zero-order chi connectivity index (χ0) is 15.4. The van der Waals surface area contributed by atoms with Gasteiger partial charge in [0.15, 0.2) is 6.04 Å². The molecule has 0 saturated carbocycles. The smallest absolute Gasteiger partial charge is 0.331 e. The number of hydrogen-bond acceptors (Lipinski definition) is 5. The first-order valence-corrected chi connectivity index (χ1v) is 7.26. The highest BCUT2D eigenvalue weighted by atomic mass is 32.1. The number of imide groups is 1. The van der Waals surface area contributed by atoms with Gasteiger partial charge in [-0.05, 0) is 11.4 Å². The number of aliphatic carboxylic acids is 1. The Hall–Kier alpha value is -2.22. The second-order valence-electron chi connectivity index (χ2n) is 4.54. The van der Waals surface area contributed by atoms with Crippen LogP contribution in [0.15, 0.2) is 17.5 Å². The topological polar surface area (TPSA) is 104 Å². The third kappa shape index (κ3) is 3.66. The molecule has 112 valence electrons. The Balaban J connectivity index is 1.90. The molecule has 0 bridgehead atoms. The first kappa shape index (κ1) is 15.2. The molecule has 7 nitrogen and oxygen atoms in total. The SMILES string of the molecule is O=C(CCN1C(=O)CCC1=O)NC(C(=O)O)c1cccs1. The summed E-state index contributed by atoms with van der Waals surface area (Å²) in [6, 6.07) is 2.21. The van der Waals surface area contributed by atoms with Gasteiger partial charge < -0.3 is 10.4 Å². The number of nitrogens with zero attached hydrogens (tertiary/aromatic N) is 1. The van der Waals surface area contributed by atoms with Crippen LogP contribution in [0.25, 0.3) is 0 Å². The summed E-state index contributed by atoms with van der Waals surface area (Å²) in [5.41, 5.74) is 0. The van der Waals surface area contributed by atoms with Gasteiger partial charge in [-0.3, -0.25) is 19.3 Å². The van der Waals surface area contributed by atoms with E-state index in [2.05, 4.69) is 5.32 Å². The lowest BCUT2D eigenvalue weighted by Gasteiger charge is -2.16. The normalized spacial score (nSPS) is 16.1. The maximum absolute atomic E-state index is 11.8.